The first-order chi connectivity index (χ1) is 9.63. The summed E-state index contributed by atoms with van der Waals surface area (Å²) in [6, 6.07) is 8.77. The van der Waals surface area contributed by atoms with Crippen molar-refractivity contribution in [1.82, 2.24) is 0 Å². The Bertz CT molecular complexity index is 646. The van der Waals surface area contributed by atoms with E-state index < -0.39 is 0 Å². The van der Waals surface area contributed by atoms with Crippen LogP contribution >= 0.6 is 22.9 Å². The Balaban J connectivity index is 2.26. The van der Waals surface area contributed by atoms with E-state index in [1.165, 1.54) is 24.5 Å². The van der Waals surface area contributed by atoms with Crippen molar-refractivity contribution in [3.05, 3.63) is 51.2 Å². The highest BCUT2D eigenvalue weighted by Gasteiger charge is 2.11. The third kappa shape index (κ3) is 3.40. The molecular formula is C15H13ClO3S. The Morgan fingerprint density at radius 1 is 1.20 bits per heavy atom. The van der Waals surface area contributed by atoms with Crippen LogP contribution in [-0.2, 0) is 0 Å². The molecule has 1 aromatic heterocycles. The van der Waals surface area contributed by atoms with E-state index in [-0.39, 0.29) is 5.78 Å². The number of rotatable bonds is 5. The Hall–Kier alpha value is -1.78. The van der Waals surface area contributed by atoms with Gasteiger partial charge < -0.3 is 9.47 Å². The van der Waals surface area contributed by atoms with Crippen molar-refractivity contribution in [3.8, 4) is 11.5 Å². The van der Waals surface area contributed by atoms with Crippen molar-refractivity contribution in [2.75, 3.05) is 14.2 Å². The number of carbonyl (C=O) groups is 1. The molecule has 0 spiro atoms. The van der Waals surface area contributed by atoms with Gasteiger partial charge in [-0.2, -0.15) is 0 Å². The molecular weight excluding hydrogens is 296 g/mol. The lowest BCUT2D eigenvalue weighted by Gasteiger charge is -2.07. The smallest absolute Gasteiger partial charge is 0.189 e. The number of ketones is 1. The highest BCUT2D eigenvalue weighted by atomic mass is 35.5. The minimum atomic E-state index is -0.148. The summed E-state index contributed by atoms with van der Waals surface area (Å²) in [7, 11) is 3.08. The fourth-order valence-electron chi connectivity index (χ4n) is 1.67. The normalized spacial score (nSPS) is 10.8. The first kappa shape index (κ1) is 14.6. The second-order valence-corrected chi connectivity index (χ2v) is 5.65. The molecule has 0 bridgehead atoms. The molecule has 0 atom stereocenters. The molecule has 0 unspecified atom stereocenters. The highest BCUT2D eigenvalue weighted by molar-refractivity contribution is 7.17. The average Bonchev–Trinajstić information content (AvgIpc) is 2.89. The summed E-state index contributed by atoms with van der Waals surface area (Å²) in [5.74, 6) is 0.983. The molecule has 0 saturated carbocycles. The minimum Gasteiger partial charge on any atom is -0.497 e. The lowest BCUT2D eigenvalue weighted by molar-refractivity contribution is 0.104. The van der Waals surface area contributed by atoms with E-state index in [9.17, 15) is 4.79 Å². The zero-order chi connectivity index (χ0) is 14.5. The molecule has 0 aliphatic carbocycles. The van der Waals surface area contributed by atoms with Gasteiger partial charge in [0.2, 0.25) is 0 Å². The predicted octanol–water partition coefficient (Wildman–Crippen LogP) is 4.31. The number of hydrogen-bond acceptors (Lipinski definition) is 4. The topological polar surface area (TPSA) is 35.5 Å². The Kier molecular flexibility index (Phi) is 4.82. The molecule has 1 heterocycles. The van der Waals surface area contributed by atoms with Crippen molar-refractivity contribution >= 4 is 34.8 Å². The third-order valence-electron chi connectivity index (χ3n) is 2.67. The molecule has 3 nitrogen and oxygen atoms in total. The van der Waals surface area contributed by atoms with Gasteiger partial charge >= 0.3 is 0 Å². The Morgan fingerprint density at radius 3 is 2.60 bits per heavy atom. The summed E-state index contributed by atoms with van der Waals surface area (Å²) >= 11 is 7.26. The van der Waals surface area contributed by atoms with Crippen molar-refractivity contribution in [1.29, 1.82) is 0 Å². The second kappa shape index (κ2) is 6.59. The lowest BCUT2D eigenvalue weighted by Crippen LogP contribution is -1.99. The number of halogens is 1. The maximum absolute atomic E-state index is 12.2. The average molecular weight is 309 g/mol. The summed E-state index contributed by atoms with van der Waals surface area (Å²) in [6.07, 6.45) is 3.23. The molecule has 2 aromatic rings. The molecule has 20 heavy (non-hydrogen) atoms. The summed E-state index contributed by atoms with van der Waals surface area (Å²) in [5.41, 5.74) is 0.464. The maximum Gasteiger partial charge on any atom is 0.189 e. The van der Waals surface area contributed by atoms with Crippen LogP contribution < -0.4 is 9.47 Å². The first-order valence-corrected chi connectivity index (χ1v) is 7.03. The highest BCUT2D eigenvalue weighted by Crippen LogP contribution is 2.26. The number of carbonyl (C=O) groups excluding carboxylic acids is 1. The van der Waals surface area contributed by atoms with Crippen LogP contribution in [0.2, 0.25) is 4.34 Å². The van der Waals surface area contributed by atoms with Crippen LogP contribution in [0.15, 0.2) is 36.4 Å². The molecule has 0 N–H and O–H groups in total. The van der Waals surface area contributed by atoms with Gasteiger partial charge in [-0.15, -0.1) is 11.3 Å². The Morgan fingerprint density at radius 2 is 2.00 bits per heavy atom. The first-order valence-electron chi connectivity index (χ1n) is 5.84. The number of thiophene rings is 1. The molecule has 0 fully saturated rings. The molecule has 5 heteroatoms. The fraction of sp³-hybridized carbons (Fsp3) is 0.133. The van der Waals surface area contributed by atoms with Crippen molar-refractivity contribution in [2.24, 2.45) is 0 Å². The maximum atomic E-state index is 12.2. The number of hydrogen-bond donors (Lipinski definition) is 0. The number of allylic oxidation sites excluding steroid dienone is 1. The quantitative estimate of drug-likeness (QED) is 0.610. The van der Waals surface area contributed by atoms with Gasteiger partial charge in [-0.05, 0) is 42.5 Å². The zero-order valence-electron chi connectivity index (χ0n) is 11.1. The van der Waals surface area contributed by atoms with Gasteiger partial charge in [0, 0.05) is 4.88 Å². The van der Waals surface area contributed by atoms with Gasteiger partial charge in [0.25, 0.3) is 0 Å². The van der Waals surface area contributed by atoms with Crippen LogP contribution in [-0.4, -0.2) is 20.0 Å². The van der Waals surface area contributed by atoms with E-state index in [1.807, 2.05) is 6.07 Å². The lowest BCUT2D eigenvalue weighted by atomic mass is 10.1. The van der Waals surface area contributed by atoms with Gasteiger partial charge in [0.05, 0.1) is 24.1 Å². The van der Waals surface area contributed by atoms with Gasteiger partial charge in [0.15, 0.2) is 5.78 Å². The molecule has 0 radical (unpaired) electrons. The largest absolute Gasteiger partial charge is 0.497 e. The van der Waals surface area contributed by atoms with E-state index >= 15 is 0 Å². The predicted molar refractivity (Wildman–Crippen MR) is 82.2 cm³/mol. The van der Waals surface area contributed by atoms with E-state index in [4.69, 9.17) is 21.1 Å². The molecule has 1 aromatic carbocycles. The summed E-state index contributed by atoms with van der Waals surface area (Å²) in [5, 5.41) is 0. The van der Waals surface area contributed by atoms with Gasteiger partial charge in [-0.25, -0.2) is 0 Å². The summed E-state index contributed by atoms with van der Waals surface area (Å²) < 4.78 is 11.0. The number of methoxy groups -OCH3 is 2. The van der Waals surface area contributed by atoms with E-state index in [0.29, 0.717) is 21.4 Å². The molecule has 0 aliphatic heterocycles. The van der Waals surface area contributed by atoms with E-state index in [1.54, 1.807) is 37.5 Å². The Labute approximate surface area is 126 Å². The van der Waals surface area contributed by atoms with Crippen LogP contribution in [0.4, 0.5) is 0 Å². The number of benzene rings is 1. The van der Waals surface area contributed by atoms with Crippen LogP contribution in [0.5, 0.6) is 11.5 Å². The van der Waals surface area contributed by atoms with Crippen molar-refractivity contribution < 1.29 is 14.3 Å². The van der Waals surface area contributed by atoms with E-state index in [2.05, 4.69) is 0 Å². The second-order valence-electron chi connectivity index (χ2n) is 3.91. The fourth-order valence-corrected chi connectivity index (χ4v) is 2.64. The summed E-state index contributed by atoms with van der Waals surface area (Å²) in [4.78, 5) is 13.1. The summed E-state index contributed by atoms with van der Waals surface area (Å²) in [6.45, 7) is 0. The van der Waals surface area contributed by atoms with Gasteiger partial charge in [-0.1, -0.05) is 11.6 Å². The van der Waals surface area contributed by atoms with Crippen LogP contribution in [0.25, 0.3) is 6.08 Å². The third-order valence-corrected chi connectivity index (χ3v) is 3.86. The molecule has 0 aliphatic rings. The number of ether oxygens (including phenoxy) is 2. The zero-order valence-corrected chi connectivity index (χ0v) is 12.6. The molecule has 104 valence electrons. The van der Waals surface area contributed by atoms with Crippen LogP contribution in [0.3, 0.4) is 0 Å². The molecule has 2 rings (SSSR count). The van der Waals surface area contributed by atoms with Gasteiger partial charge in [-0.3, -0.25) is 4.79 Å². The van der Waals surface area contributed by atoms with Crippen LogP contribution in [0, 0.1) is 0 Å². The monoisotopic (exact) mass is 308 g/mol. The van der Waals surface area contributed by atoms with Crippen LogP contribution in [0.1, 0.15) is 15.2 Å². The SMILES string of the molecule is COc1ccc(OC)c(C(=O)/C=C/c2ccc(Cl)s2)c1. The minimum absolute atomic E-state index is 0.148. The van der Waals surface area contributed by atoms with Crippen molar-refractivity contribution in [2.45, 2.75) is 0 Å². The van der Waals surface area contributed by atoms with Crippen molar-refractivity contribution in [3.63, 3.8) is 0 Å². The standard InChI is InChI=1S/C15H13ClO3S/c1-18-10-3-7-14(19-2)12(9-10)13(17)6-4-11-5-8-15(16)20-11/h3-9H,1-2H3/b6-4+. The van der Waals surface area contributed by atoms with Gasteiger partial charge in [0.1, 0.15) is 11.5 Å². The molecule has 0 amide bonds. The van der Waals surface area contributed by atoms with E-state index in [0.717, 1.165) is 4.88 Å². The molecule has 0 saturated heterocycles.